The van der Waals surface area contributed by atoms with Gasteiger partial charge in [0, 0.05) is 18.2 Å². The summed E-state index contributed by atoms with van der Waals surface area (Å²) in [6, 6.07) is 6.15. The molecule has 2 N–H and O–H groups in total. The summed E-state index contributed by atoms with van der Waals surface area (Å²) in [7, 11) is 0. The molecule has 0 bridgehead atoms. The van der Waals surface area contributed by atoms with Crippen molar-refractivity contribution in [2.45, 2.75) is 25.3 Å². The van der Waals surface area contributed by atoms with Crippen molar-refractivity contribution in [2.24, 2.45) is 0 Å². The molecule has 0 aliphatic carbocycles. The van der Waals surface area contributed by atoms with E-state index in [0.717, 1.165) is 43.7 Å². The van der Waals surface area contributed by atoms with Crippen LogP contribution < -0.4 is 10.1 Å². The molecule has 2 rings (SSSR count). The summed E-state index contributed by atoms with van der Waals surface area (Å²) >= 11 is 6.15. The molecule has 3 nitrogen and oxygen atoms in total. The molecule has 0 fully saturated rings. The molecule has 1 aliphatic heterocycles. The summed E-state index contributed by atoms with van der Waals surface area (Å²) < 4.78 is 5.69. The average Bonchev–Trinajstić information content (AvgIpc) is 2.54. The van der Waals surface area contributed by atoms with Crippen LogP contribution in [0.3, 0.4) is 0 Å². The number of rotatable bonds is 4. The van der Waals surface area contributed by atoms with E-state index in [2.05, 4.69) is 11.4 Å². The van der Waals surface area contributed by atoms with Crippen LogP contribution in [0.2, 0.25) is 5.02 Å². The zero-order chi connectivity index (χ0) is 12.1. The summed E-state index contributed by atoms with van der Waals surface area (Å²) in [5.74, 6) is 0.813. The highest BCUT2D eigenvalue weighted by Gasteiger charge is 2.20. The maximum atomic E-state index is 8.80. The van der Waals surface area contributed by atoms with Crippen LogP contribution in [0, 0.1) is 0 Å². The SMILES string of the molecule is OCCCNC1CCCOc2c(Cl)cccc21. The Labute approximate surface area is 107 Å². The highest BCUT2D eigenvalue weighted by atomic mass is 35.5. The smallest absolute Gasteiger partial charge is 0.142 e. The van der Waals surface area contributed by atoms with E-state index in [9.17, 15) is 0 Å². The van der Waals surface area contributed by atoms with Crippen LogP contribution in [-0.4, -0.2) is 24.9 Å². The predicted molar refractivity (Wildman–Crippen MR) is 68.6 cm³/mol. The number of aliphatic hydroxyl groups is 1. The van der Waals surface area contributed by atoms with Gasteiger partial charge >= 0.3 is 0 Å². The first-order valence-corrected chi connectivity index (χ1v) is 6.46. The zero-order valence-electron chi connectivity index (χ0n) is 9.79. The number of para-hydroxylation sites is 1. The maximum absolute atomic E-state index is 8.80. The Kier molecular flexibility index (Phi) is 4.66. The van der Waals surface area contributed by atoms with Crippen molar-refractivity contribution in [1.82, 2.24) is 5.32 Å². The number of hydrogen-bond donors (Lipinski definition) is 2. The largest absolute Gasteiger partial charge is 0.492 e. The normalized spacial score (nSPS) is 19.3. The van der Waals surface area contributed by atoms with Gasteiger partial charge < -0.3 is 15.2 Å². The van der Waals surface area contributed by atoms with Crippen molar-refractivity contribution in [3.63, 3.8) is 0 Å². The lowest BCUT2D eigenvalue weighted by atomic mass is 10.0. The number of nitrogens with one attached hydrogen (secondary N) is 1. The molecule has 1 heterocycles. The van der Waals surface area contributed by atoms with Crippen LogP contribution in [0.4, 0.5) is 0 Å². The Balaban J connectivity index is 2.15. The van der Waals surface area contributed by atoms with E-state index in [0.29, 0.717) is 5.02 Å². The van der Waals surface area contributed by atoms with Gasteiger partial charge in [-0.3, -0.25) is 0 Å². The third-order valence-electron chi connectivity index (χ3n) is 2.98. The molecule has 0 saturated carbocycles. The second-order valence-electron chi connectivity index (χ2n) is 4.23. The Morgan fingerprint density at radius 3 is 3.18 bits per heavy atom. The molecule has 1 aromatic carbocycles. The Morgan fingerprint density at radius 2 is 2.35 bits per heavy atom. The van der Waals surface area contributed by atoms with Gasteiger partial charge in [0.15, 0.2) is 0 Å². The fourth-order valence-electron chi connectivity index (χ4n) is 2.14. The van der Waals surface area contributed by atoms with Gasteiger partial charge in [-0.25, -0.2) is 0 Å². The van der Waals surface area contributed by atoms with Gasteiger partial charge in [-0.2, -0.15) is 0 Å². The van der Waals surface area contributed by atoms with Gasteiger partial charge in [-0.1, -0.05) is 23.7 Å². The quantitative estimate of drug-likeness (QED) is 0.813. The Hall–Kier alpha value is -0.770. The van der Waals surface area contributed by atoms with Crippen molar-refractivity contribution in [3.8, 4) is 5.75 Å². The molecular weight excluding hydrogens is 238 g/mol. The maximum Gasteiger partial charge on any atom is 0.142 e. The van der Waals surface area contributed by atoms with Crippen LogP contribution in [0.15, 0.2) is 18.2 Å². The number of fused-ring (bicyclic) bond motifs is 1. The van der Waals surface area contributed by atoms with Crippen molar-refractivity contribution < 1.29 is 9.84 Å². The summed E-state index contributed by atoms with van der Waals surface area (Å²) in [5, 5.41) is 12.9. The number of aliphatic hydroxyl groups excluding tert-OH is 1. The molecule has 17 heavy (non-hydrogen) atoms. The summed E-state index contributed by atoms with van der Waals surface area (Å²) in [4.78, 5) is 0. The van der Waals surface area contributed by atoms with Gasteiger partial charge in [0.05, 0.1) is 11.6 Å². The topological polar surface area (TPSA) is 41.5 Å². The van der Waals surface area contributed by atoms with Gasteiger partial charge in [0.2, 0.25) is 0 Å². The molecule has 0 amide bonds. The van der Waals surface area contributed by atoms with Crippen LogP contribution in [0.1, 0.15) is 30.9 Å². The lowest BCUT2D eigenvalue weighted by Crippen LogP contribution is -2.22. The van der Waals surface area contributed by atoms with Gasteiger partial charge in [0.25, 0.3) is 0 Å². The fourth-order valence-corrected chi connectivity index (χ4v) is 2.37. The highest BCUT2D eigenvalue weighted by molar-refractivity contribution is 6.32. The number of benzene rings is 1. The van der Waals surface area contributed by atoms with E-state index in [4.69, 9.17) is 21.4 Å². The van der Waals surface area contributed by atoms with Crippen molar-refractivity contribution >= 4 is 11.6 Å². The van der Waals surface area contributed by atoms with E-state index >= 15 is 0 Å². The standard InChI is InChI=1S/C13H18ClNO2/c14-11-5-1-4-10-12(15-7-3-8-16)6-2-9-17-13(10)11/h1,4-5,12,15-16H,2-3,6-9H2. The minimum absolute atomic E-state index is 0.221. The molecule has 1 aromatic rings. The molecule has 1 aliphatic rings. The first kappa shape index (κ1) is 12.7. The van der Waals surface area contributed by atoms with E-state index in [-0.39, 0.29) is 12.6 Å². The van der Waals surface area contributed by atoms with E-state index in [1.165, 1.54) is 0 Å². The second kappa shape index (κ2) is 6.24. The lowest BCUT2D eigenvalue weighted by Gasteiger charge is -2.18. The fraction of sp³-hybridized carbons (Fsp3) is 0.538. The minimum Gasteiger partial charge on any atom is -0.492 e. The monoisotopic (exact) mass is 255 g/mol. The third-order valence-corrected chi connectivity index (χ3v) is 3.28. The molecule has 0 saturated heterocycles. The van der Waals surface area contributed by atoms with Gasteiger partial charge in [0.1, 0.15) is 5.75 Å². The van der Waals surface area contributed by atoms with Crippen LogP contribution in [0.25, 0.3) is 0 Å². The predicted octanol–water partition coefficient (Wildman–Crippen LogP) is 2.53. The van der Waals surface area contributed by atoms with Gasteiger partial charge in [-0.05, 0) is 31.9 Å². The number of halogens is 1. The molecule has 94 valence electrons. The molecular formula is C13H18ClNO2. The average molecular weight is 256 g/mol. The van der Waals surface area contributed by atoms with E-state index in [1.807, 2.05) is 12.1 Å². The Bertz CT molecular complexity index is 370. The first-order chi connectivity index (χ1) is 8.33. The van der Waals surface area contributed by atoms with Crippen molar-refractivity contribution in [2.75, 3.05) is 19.8 Å². The van der Waals surface area contributed by atoms with E-state index < -0.39 is 0 Å². The van der Waals surface area contributed by atoms with Crippen molar-refractivity contribution in [3.05, 3.63) is 28.8 Å². The highest BCUT2D eigenvalue weighted by Crippen LogP contribution is 2.36. The summed E-state index contributed by atoms with van der Waals surface area (Å²) in [5.41, 5.74) is 1.13. The van der Waals surface area contributed by atoms with Crippen molar-refractivity contribution in [1.29, 1.82) is 0 Å². The van der Waals surface area contributed by atoms with Crippen LogP contribution >= 0.6 is 11.6 Å². The van der Waals surface area contributed by atoms with Crippen LogP contribution in [-0.2, 0) is 0 Å². The third kappa shape index (κ3) is 3.12. The Morgan fingerprint density at radius 1 is 1.47 bits per heavy atom. The zero-order valence-corrected chi connectivity index (χ0v) is 10.5. The molecule has 1 unspecified atom stereocenters. The molecule has 4 heteroatoms. The second-order valence-corrected chi connectivity index (χ2v) is 4.64. The van der Waals surface area contributed by atoms with Gasteiger partial charge in [-0.15, -0.1) is 0 Å². The molecule has 0 radical (unpaired) electrons. The molecule has 0 spiro atoms. The molecule has 1 atom stereocenters. The number of hydrogen-bond acceptors (Lipinski definition) is 3. The number of ether oxygens (including phenoxy) is 1. The minimum atomic E-state index is 0.221. The summed E-state index contributed by atoms with van der Waals surface area (Å²) in [6.45, 7) is 1.75. The first-order valence-electron chi connectivity index (χ1n) is 6.08. The molecule has 0 aromatic heterocycles. The lowest BCUT2D eigenvalue weighted by molar-refractivity contribution is 0.282. The summed E-state index contributed by atoms with van der Waals surface area (Å²) in [6.07, 6.45) is 2.83. The van der Waals surface area contributed by atoms with Crippen LogP contribution in [0.5, 0.6) is 5.75 Å². The van der Waals surface area contributed by atoms with E-state index in [1.54, 1.807) is 0 Å².